The van der Waals surface area contributed by atoms with Crippen LogP contribution >= 0.6 is 0 Å². The molecule has 0 amide bonds. The third-order valence-electron chi connectivity index (χ3n) is 4.02. The zero-order valence-corrected chi connectivity index (χ0v) is 10.9. The van der Waals surface area contributed by atoms with E-state index in [0.717, 1.165) is 5.92 Å². The zero-order valence-electron chi connectivity index (χ0n) is 10.9. The minimum Gasteiger partial charge on any atom is -0.384 e. The number of hydrogen-bond acceptors (Lipinski definition) is 1. The van der Waals surface area contributed by atoms with Crippen molar-refractivity contribution in [3.05, 3.63) is 23.9 Å². The van der Waals surface area contributed by atoms with Crippen molar-refractivity contribution in [2.75, 3.05) is 0 Å². The summed E-state index contributed by atoms with van der Waals surface area (Å²) in [6.07, 6.45) is 13.5. The Hall–Kier alpha value is -0.720. The third-order valence-corrected chi connectivity index (χ3v) is 4.02. The molecule has 1 heterocycles. The van der Waals surface area contributed by atoms with E-state index < -0.39 is 0 Å². The predicted molar refractivity (Wildman–Crippen MR) is 70.2 cm³/mol. The average Bonchev–Trinajstić information content (AvgIpc) is 2.17. The van der Waals surface area contributed by atoms with E-state index in [-0.39, 0.29) is 0 Å². The van der Waals surface area contributed by atoms with Crippen LogP contribution in [-0.2, 0) is 0 Å². The summed E-state index contributed by atoms with van der Waals surface area (Å²) < 4.78 is 0. The van der Waals surface area contributed by atoms with Crippen LogP contribution in [0.5, 0.6) is 0 Å². The summed E-state index contributed by atoms with van der Waals surface area (Å²) in [5.74, 6) is 0.746. The Morgan fingerprint density at radius 3 is 2.62 bits per heavy atom. The van der Waals surface area contributed by atoms with Crippen LogP contribution in [0.3, 0.4) is 0 Å². The van der Waals surface area contributed by atoms with Crippen LogP contribution in [0, 0.1) is 11.3 Å². The smallest absolute Gasteiger partial charge is 0.0474 e. The molecule has 1 aliphatic carbocycles. The molecule has 0 aromatic carbocycles. The monoisotopic (exact) mass is 219 g/mol. The second-order valence-corrected chi connectivity index (χ2v) is 6.30. The lowest BCUT2D eigenvalue weighted by Crippen LogP contribution is -2.37. The Morgan fingerprint density at radius 1 is 1.12 bits per heavy atom. The van der Waals surface area contributed by atoms with Crippen LogP contribution in [-0.4, -0.2) is 6.04 Å². The summed E-state index contributed by atoms with van der Waals surface area (Å²) in [5, 5.41) is 3.54. The molecule has 16 heavy (non-hydrogen) atoms. The summed E-state index contributed by atoms with van der Waals surface area (Å²) in [5.41, 5.74) is 2.04. The maximum atomic E-state index is 3.54. The van der Waals surface area contributed by atoms with Crippen LogP contribution in [0.2, 0.25) is 0 Å². The average molecular weight is 219 g/mol. The van der Waals surface area contributed by atoms with Crippen molar-refractivity contribution in [2.45, 2.75) is 58.9 Å². The number of allylic oxidation sites excluding steroid dienone is 2. The van der Waals surface area contributed by atoms with Crippen molar-refractivity contribution >= 4 is 0 Å². The lowest BCUT2D eigenvalue weighted by Gasteiger charge is -2.39. The summed E-state index contributed by atoms with van der Waals surface area (Å²) in [4.78, 5) is 0. The normalized spacial score (nSPS) is 30.8. The summed E-state index contributed by atoms with van der Waals surface area (Å²) in [6.45, 7) is 7.15. The number of rotatable bonds is 0. The molecule has 2 aliphatic rings. The van der Waals surface area contributed by atoms with Crippen LogP contribution < -0.4 is 5.32 Å². The first-order valence-electron chi connectivity index (χ1n) is 6.72. The molecule has 0 spiro atoms. The van der Waals surface area contributed by atoms with Gasteiger partial charge in [0.15, 0.2) is 0 Å². The first kappa shape index (κ1) is 11.8. The molecule has 2 rings (SSSR count). The maximum Gasteiger partial charge on any atom is 0.0474 e. The number of nitrogens with one attached hydrogen (secondary N) is 1. The molecular formula is C15H25N. The molecule has 2 atom stereocenters. The molecular weight excluding hydrogens is 194 g/mol. The number of fused-ring (bicyclic) bond motifs is 1. The first-order valence-corrected chi connectivity index (χ1v) is 6.72. The lowest BCUT2D eigenvalue weighted by atomic mass is 9.69. The molecule has 1 N–H and O–H groups in total. The van der Waals surface area contributed by atoms with E-state index in [1.54, 1.807) is 5.57 Å². The maximum absolute atomic E-state index is 3.54. The summed E-state index contributed by atoms with van der Waals surface area (Å²) in [6, 6.07) is 0.606. The molecule has 1 fully saturated rings. The largest absolute Gasteiger partial charge is 0.384 e. The molecule has 1 saturated carbocycles. The van der Waals surface area contributed by atoms with Gasteiger partial charge in [0.05, 0.1) is 0 Å². The molecule has 0 bridgehead atoms. The molecule has 1 aliphatic heterocycles. The minimum absolute atomic E-state index is 0.397. The molecule has 0 aromatic heterocycles. The van der Waals surface area contributed by atoms with Gasteiger partial charge in [-0.25, -0.2) is 0 Å². The Balaban J connectivity index is 2.25. The molecule has 1 heteroatoms. The number of hydrogen-bond donors (Lipinski definition) is 1. The van der Waals surface area contributed by atoms with Gasteiger partial charge in [-0.3, -0.25) is 0 Å². The van der Waals surface area contributed by atoms with Gasteiger partial charge in [-0.15, -0.1) is 0 Å². The van der Waals surface area contributed by atoms with Crippen molar-refractivity contribution in [1.29, 1.82) is 0 Å². The number of dihydropyridines is 1. The van der Waals surface area contributed by atoms with E-state index in [9.17, 15) is 0 Å². The van der Waals surface area contributed by atoms with Crippen molar-refractivity contribution in [3.63, 3.8) is 0 Å². The molecule has 2 unspecified atom stereocenters. The van der Waals surface area contributed by atoms with E-state index in [1.165, 1.54) is 32.1 Å². The highest BCUT2D eigenvalue weighted by molar-refractivity contribution is 5.27. The van der Waals surface area contributed by atoms with Gasteiger partial charge in [0.1, 0.15) is 0 Å². The van der Waals surface area contributed by atoms with E-state index in [4.69, 9.17) is 0 Å². The fraction of sp³-hybridized carbons (Fsp3) is 0.733. The highest BCUT2D eigenvalue weighted by atomic mass is 14.9. The van der Waals surface area contributed by atoms with Crippen molar-refractivity contribution in [1.82, 2.24) is 5.32 Å². The van der Waals surface area contributed by atoms with Gasteiger partial charge < -0.3 is 5.32 Å². The summed E-state index contributed by atoms with van der Waals surface area (Å²) in [7, 11) is 0. The molecule has 0 radical (unpaired) electrons. The highest BCUT2D eigenvalue weighted by Gasteiger charge is 2.32. The van der Waals surface area contributed by atoms with Gasteiger partial charge in [0.2, 0.25) is 0 Å². The van der Waals surface area contributed by atoms with E-state index in [0.29, 0.717) is 11.5 Å². The highest BCUT2D eigenvalue weighted by Crippen LogP contribution is 2.40. The van der Waals surface area contributed by atoms with Gasteiger partial charge in [0, 0.05) is 6.04 Å². The van der Waals surface area contributed by atoms with Gasteiger partial charge in [-0.05, 0) is 42.0 Å². The quantitative estimate of drug-likeness (QED) is 0.648. The van der Waals surface area contributed by atoms with Gasteiger partial charge in [0.25, 0.3) is 0 Å². The molecule has 1 nitrogen and oxygen atoms in total. The Morgan fingerprint density at radius 2 is 1.88 bits per heavy atom. The van der Waals surface area contributed by atoms with Crippen LogP contribution in [0.15, 0.2) is 23.9 Å². The standard InChI is InChI=1S/C15H25N/c1-15(2,3)13-9-5-4-6-10-14-12(13)8-7-11-16-14/h7-8,11,13-14,16H,4-6,9-10H2,1-3H3. The topological polar surface area (TPSA) is 12.0 Å². The minimum atomic E-state index is 0.397. The van der Waals surface area contributed by atoms with E-state index in [1.807, 2.05) is 0 Å². The van der Waals surface area contributed by atoms with Crippen molar-refractivity contribution < 1.29 is 0 Å². The lowest BCUT2D eigenvalue weighted by molar-refractivity contribution is 0.234. The van der Waals surface area contributed by atoms with Gasteiger partial charge in [-0.2, -0.15) is 0 Å². The Kier molecular flexibility index (Phi) is 3.41. The van der Waals surface area contributed by atoms with Crippen LogP contribution in [0.1, 0.15) is 52.9 Å². The van der Waals surface area contributed by atoms with Crippen LogP contribution in [0.4, 0.5) is 0 Å². The van der Waals surface area contributed by atoms with E-state index in [2.05, 4.69) is 44.4 Å². The van der Waals surface area contributed by atoms with Crippen molar-refractivity contribution in [2.24, 2.45) is 11.3 Å². The fourth-order valence-electron chi connectivity index (χ4n) is 3.13. The Bertz CT molecular complexity index is 293. The molecule has 0 aromatic rings. The second-order valence-electron chi connectivity index (χ2n) is 6.30. The molecule has 90 valence electrons. The first-order chi connectivity index (χ1) is 7.59. The second kappa shape index (κ2) is 4.65. The van der Waals surface area contributed by atoms with Gasteiger partial charge in [-0.1, -0.05) is 46.1 Å². The van der Waals surface area contributed by atoms with Crippen LogP contribution in [0.25, 0.3) is 0 Å². The zero-order chi connectivity index (χ0) is 11.6. The third kappa shape index (κ3) is 2.50. The SMILES string of the molecule is CC(C)(C)C1CCCCCC2NC=CC=C21. The summed E-state index contributed by atoms with van der Waals surface area (Å²) >= 11 is 0. The fourth-order valence-corrected chi connectivity index (χ4v) is 3.13. The van der Waals surface area contributed by atoms with E-state index >= 15 is 0 Å². The Labute approximate surface area is 100 Å². The van der Waals surface area contributed by atoms with Crippen molar-refractivity contribution in [3.8, 4) is 0 Å². The predicted octanol–water partition coefficient (Wildman–Crippen LogP) is 4.02. The van der Waals surface area contributed by atoms with Gasteiger partial charge >= 0.3 is 0 Å². The molecule has 0 saturated heterocycles.